The van der Waals surface area contributed by atoms with Crippen molar-refractivity contribution in [3.05, 3.63) is 42.4 Å². The van der Waals surface area contributed by atoms with Gasteiger partial charge in [0.05, 0.1) is 5.56 Å². The van der Waals surface area contributed by atoms with Crippen molar-refractivity contribution in [1.82, 2.24) is 19.7 Å². The summed E-state index contributed by atoms with van der Waals surface area (Å²) in [6.07, 6.45) is 12.1. The van der Waals surface area contributed by atoms with Crippen molar-refractivity contribution < 1.29 is 4.79 Å². The van der Waals surface area contributed by atoms with Crippen molar-refractivity contribution in [2.24, 2.45) is 0 Å². The zero-order chi connectivity index (χ0) is 19.1. The number of piperidine rings is 1. The van der Waals surface area contributed by atoms with Gasteiger partial charge in [0.15, 0.2) is 0 Å². The molecule has 1 fully saturated rings. The predicted octanol–water partition coefficient (Wildman–Crippen LogP) is 3.60. The van der Waals surface area contributed by atoms with Gasteiger partial charge in [-0.3, -0.25) is 9.48 Å². The molecule has 146 valence electrons. The van der Waals surface area contributed by atoms with Crippen LogP contribution in [0.15, 0.2) is 36.8 Å². The smallest absolute Gasteiger partial charge is 0.255 e. The molecular formula is C21H31N5O. The molecule has 0 spiro atoms. The number of amides is 1. The van der Waals surface area contributed by atoms with Crippen LogP contribution in [0.5, 0.6) is 0 Å². The van der Waals surface area contributed by atoms with E-state index in [0.29, 0.717) is 5.56 Å². The SMILES string of the molecule is CCCCN(C)c1ccc(C(=O)N2CCCCC2CCn2cccn2)cn1. The molecule has 6 heteroatoms. The molecule has 0 saturated carbocycles. The summed E-state index contributed by atoms with van der Waals surface area (Å²) in [5, 5.41) is 4.27. The molecule has 0 aromatic carbocycles. The van der Waals surface area contributed by atoms with Gasteiger partial charge in [0.2, 0.25) is 0 Å². The number of unbranched alkanes of at least 4 members (excludes halogenated alkanes) is 1. The quantitative estimate of drug-likeness (QED) is 0.713. The second kappa shape index (κ2) is 9.53. The highest BCUT2D eigenvalue weighted by Crippen LogP contribution is 2.23. The minimum Gasteiger partial charge on any atom is -0.360 e. The second-order valence-electron chi connectivity index (χ2n) is 7.39. The highest BCUT2D eigenvalue weighted by molar-refractivity contribution is 5.94. The van der Waals surface area contributed by atoms with Crippen LogP contribution in [0.4, 0.5) is 5.82 Å². The van der Waals surface area contributed by atoms with Crippen molar-refractivity contribution in [2.45, 2.75) is 58.0 Å². The van der Waals surface area contributed by atoms with E-state index >= 15 is 0 Å². The minimum atomic E-state index is 0.107. The number of aromatic nitrogens is 3. The van der Waals surface area contributed by atoms with Crippen LogP contribution < -0.4 is 4.90 Å². The fourth-order valence-electron chi connectivity index (χ4n) is 3.70. The van der Waals surface area contributed by atoms with Crippen LogP contribution in [-0.2, 0) is 6.54 Å². The molecular weight excluding hydrogens is 338 g/mol. The number of aryl methyl sites for hydroxylation is 1. The standard InChI is InChI=1S/C21H31N5O/c1-3-4-13-24(2)20-10-9-18(17-22-20)21(27)26-15-6-5-8-19(26)11-16-25-14-7-12-23-25/h7,9-10,12,14,17,19H,3-6,8,11,13,15-16H2,1-2H3. The first-order chi connectivity index (χ1) is 13.2. The number of nitrogens with zero attached hydrogens (tertiary/aromatic N) is 5. The molecule has 0 N–H and O–H groups in total. The van der Waals surface area contributed by atoms with E-state index in [2.05, 4.69) is 29.0 Å². The molecule has 6 nitrogen and oxygen atoms in total. The summed E-state index contributed by atoms with van der Waals surface area (Å²) in [4.78, 5) is 21.8. The Morgan fingerprint density at radius 2 is 2.22 bits per heavy atom. The molecule has 1 aliphatic rings. The molecule has 3 rings (SSSR count). The molecule has 1 atom stereocenters. The highest BCUT2D eigenvalue weighted by Gasteiger charge is 2.27. The zero-order valence-corrected chi connectivity index (χ0v) is 16.5. The summed E-state index contributed by atoms with van der Waals surface area (Å²) in [5.74, 6) is 1.03. The maximum absolute atomic E-state index is 13.1. The summed E-state index contributed by atoms with van der Waals surface area (Å²) in [6, 6.07) is 6.11. The summed E-state index contributed by atoms with van der Waals surface area (Å²) < 4.78 is 1.94. The van der Waals surface area contributed by atoms with E-state index in [1.807, 2.05) is 34.0 Å². The van der Waals surface area contributed by atoms with Crippen LogP contribution >= 0.6 is 0 Å². The van der Waals surface area contributed by atoms with E-state index in [1.54, 1.807) is 12.4 Å². The van der Waals surface area contributed by atoms with E-state index in [0.717, 1.165) is 57.6 Å². The lowest BCUT2D eigenvalue weighted by atomic mass is 9.98. The number of rotatable bonds is 8. The summed E-state index contributed by atoms with van der Waals surface area (Å²) in [6.45, 7) is 4.85. The molecule has 0 aliphatic carbocycles. The van der Waals surface area contributed by atoms with Gasteiger partial charge in [-0.25, -0.2) is 4.98 Å². The van der Waals surface area contributed by atoms with Crippen molar-refractivity contribution in [3.8, 4) is 0 Å². The lowest BCUT2D eigenvalue weighted by Gasteiger charge is -2.36. The fourth-order valence-corrected chi connectivity index (χ4v) is 3.70. The van der Waals surface area contributed by atoms with Crippen molar-refractivity contribution in [3.63, 3.8) is 0 Å². The van der Waals surface area contributed by atoms with Gasteiger partial charge in [-0.15, -0.1) is 0 Å². The fraction of sp³-hybridized carbons (Fsp3) is 0.571. The van der Waals surface area contributed by atoms with Crippen LogP contribution in [0.25, 0.3) is 0 Å². The molecule has 27 heavy (non-hydrogen) atoms. The summed E-state index contributed by atoms with van der Waals surface area (Å²) >= 11 is 0. The van der Waals surface area contributed by atoms with Crippen LogP contribution in [-0.4, -0.2) is 51.8 Å². The third kappa shape index (κ3) is 5.08. The number of hydrogen-bond acceptors (Lipinski definition) is 4. The molecule has 1 aliphatic heterocycles. The molecule has 0 bridgehead atoms. The predicted molar refractivity (Wildman–Crippen MR) is 108 cm³/mol. The third-order valence-corrected chi connectivity index (χ3v) is 5.37. The van der Waals surface area contributed by atoms with Crippen molar-refractivity contribution in [2.75, 3.05) is 25.0 Å². The molecule has 0 radical (unpaired) electrons. The normalized spacial score (nSPS) is 17.1. The first-order valence-electron chi connectivity index (χ1n) is 10.1. The van der Waals surface area contributed by atoms with E-state index in [9.17, 15) is 4.79 Å². The van der Waals surface area contributed by atoms with Gasteiger partial charge in [-0.1, -0.05) is 13.3 Å². The average Bonchev–Trinajstić information content (AvgIpc) is 3.24. The molecule has 1 unspecified atom stereocenters. The Kier molecular flexibility index (Phi) is 6.85. The number of carbonyl (C=O) groups excluding carboxylic acids is 1. The van der Waals surface area contributed by atoms with Crippen LogP contribution in [0, 0.1) is 0 Å². The Bertz CT molecular complexity index is 698. The molecule has 1 saturated heterocycles. The first kappa shape index (κ1) is 19.4. The largest absolute Gasteiger partial charge is 0.360 e. The maximum atomic E-state index is 13.1. The topological polar surface area (TPSA) is 54.3 Å². The lowest BCUT2D eigenvalue weighted by molar-refractivity contribution is 0.0593. The minimum absolute atomic E-state index is 0.107. The van der Waals surface area contributed by atoms with Gasteiger partial charge in [0.25, 0.3) is 5.91 Å². The number of carbonyl (C=O) groups is 1. The zero-order valence-electron chi connectivity index (χ0n) is 16.5. The Morgan fingerprint density at radius 3 is 2.93 bits per heavy atom. The lowest BCUT2D eigenvalue weighted by Crippen LogP contribution is -2.44. The summed E-state index contributed by atoms with van der Waals surface area (Å²) in [5.41, 5.74) is 0.689. The molecule has 1 amide bonds. The molecule has 2 aromatic rings. The van der Waals surface area contributed by atoms with Gasteiger partial charge in [0.1, 0.15) is 5.82 Å². The van der Waals surface area contributed by atoms with Crippen LogP contribution in [0.3, 0.4) is 0 Å². The first-order valence-corrected chi connectivity index (χ1v) is 10.1. The van der Waals surface area contributed by atoms with Gasteiger partial charge >= 0.3 is 0 Å². The average molecular weight is 370 g/mol. The summed E-state index contributed by atoms with van der Waals surface area (Å²) in [7, 11) is 2.05. The van der Waals surface area contributed by atoms with Crippen LogP contribution in [0.1, 0.15) is 55.8 Å². The van der Waals surface area contributed by atoms with Gasteiger partial charge in [-0.05, 0) is 50.3 Å². The Labute approximate surface area is 162 Å². The molecule has 2 aromatic heterocycles. The Hall–Kier alpha value is -2.37. The van der Waals surface area contributed by atoms with Crippen molar-refractivity contribution >= 4 is 11.7 Å². The third-order valence-electron chi connectivity index (χ3n) is 5.37. The Morgan fingerprint density at radius 1 is 1.33 bits per heavy atom. The monoisotopic (exact) mass is 369 g/mol. The number of hydrogen-bond donors (Lipinski definition) is 0. The number of likely N-dealkylation sites (tertiary alicyclic amines) is 1. The van der Waals surface area contributed by atoms with E-state index in [1.165, 1.54) is 6.42 Å². The highest BCUT2D eigenvalue weighted by atomic mass is 16.2. The van der Waals surface area contributed by atoms with Gasteiger partial charge < -0.3 is 9.80 Å². The van der Waals surface area contributed by atoms with Gasteiger partial charge in [-0.2, -0.15) is 5.10 Å². The Balaban J connectivity index is 1.63. The van der Waals surface area contributed by atoms with Gasteiger partial charge in [0, 0.05) is 51.3 Å². The van der Waals surface area contributed by atoms with Crippen molar-refractivity contribution in [1.29, 1.82) is 0 Å². The number of anilines is 1. The van der Waals surface area contributed by atoms with E-state index in [-0.39, 0.29) is 11.9 Å². The van der Waals surface area contributed by atoms with E-state index in [4.69, 9.17) is 0 Å². The van der Waals surface area contributed by atoms with Crippen LogP contribution in [0.2, 0.25) is 0 Å². The second-order valence-corrected chi connectivity index (χ2v) is 7.39. The number of pyridine rings is 1. The maximum Gasteiger partial charge on any atom is 0.255 e. The van der Waals surface area contributed by atoms with E-state index < -0.39 is 0 Å². The molecule has 3 heterocycles.